The van der Waals surface area contributed by atoms with Crippen molar-refractivity contribution in [3.63, 3.8) is 0 Å². The van der Waals surface area contributed by atoms with E-state index in [1.165, 1.54) is 22.3 Å². The minimum absolute atomic E-state index is 0.0901. The summed E-state index contributed by atoms with van der Waals surface area (Å²) in [5.41, 5.74) is 3.92. The Morgan fingerprint density at radius 3 is 1.65 bits per heavy atom. The topological polar surface area (TPSA) is 31.0 Å². The molecule has 0 spiro atoms. The summed E-state index contributed by atoms with van der Waals surface area (Å²) < 4.78 is 6.11. The Bertz CT molecular complexity index is 708. The standard InChI is InChI=1S/C20H20O3/c1-13-5-3-7-15(11-13)19-9-10-20(23-22-19,18-17(19)21-18)16-8-4-6-14(2)12-16/h3-8,11-12,17-18H,9-10H2,1-2H3/t17-,18+,19+,20-. The summed E-state index contributed by atoms with van der Waals surface area (Å²) in [7, 11) is 0. The zero-order chi connectivity index (χ0) is 15.7. The van der Waals surface area contributed by atoms with Gasteiger partial charge in [0, 0.05) is 0 Å². The van der Waals surface area contributed by atoms with Crippen LogP contribution in [0, 0.1) is 13.8 Å². The number of hydrogen-bond donors (Lipinski definition) is 0. The maximum absolute atomic E-state index is 6.11. The van der Waals surface area contributed by atoms with Crippen LogP contribution in [0.15, 0.2) is 48.5 Å². The van der Waals surface area contributed by atoms with E-state index in [1.807, 2.05) is 0 Å². The van der Waals surface area contributed by atoms with Gasteiger partial charge in [0.05, 0.1) is 0 Å². The van der Waals surface area contributed by atoms with Crippen molar-refractivity contribution in [3.05, 3.63) is 70.8 Å². The quantitative estimate of drug-likeness (QED) is 0.622. The largest absolute Gasteiger partial charge is 0.362 e. The summed E-state index contributed by atoms with van der Waals surface area (Å²) >= 11 is 0. The highest BCUT2D eigenvalue weighted by Gasteiger charge is 2.74. The van der Waals surface area contributed by atoms with Gasteiger partial charge in [0.1, 0.15) is 12.2 Å². The molecule has 3 heteroatoms. The molecule has 0 N–H and O–H groups in total. The smallest absolute Gasteiger partial charge is 0.157 e. The van der Waals surface area contributed by atoms with Gasteiger partial charge in [0.25, 0.3) is 0 Å². The zero-order valence-corrected chi connectivity index (χ0v) is 13.4. The minimum atomic E-state index is -0.442. The van der Waals surface area contributed by atoms with E-state index in [4.69, 9.17) is 14.5 Å². The van der Waals surface area contributed by atoms with Crippen LogP contribution < -0.4 is 0 Å². The molecule has 0 radical (unpaired) electrons. The Kier molecular flexibility index (Phi) is 2.65. The number of fused-ring (bicyclic) bond motifs is 2. The molecule has 23 heavy (non-hydrogen) atoms. The molecule has 2 bridgehead atoms. The predicted molar refractivity (Wildman–Crippen MR) is 85.8 cm³/mol. The van der Waals surface area contributed by atoms with Gasteiger partial charge in [0.2, 0.25) is 0 Å². The molecule has 4 fully saturated rings. The van der Waals surface area contributed by atoms with E-state index in [2.05, 4.69) is 62.4 Å². The lowest BCUT2D eigenvalue weighted by molar-refractivity contribution is -0.468. The van der Waals surface area contributed by atoms with Crippen molar-refractivity contribution in [3.8, 4) is 0 Å². The van der Waals surface area contributed by atoms with Crippen LogP contribution in [0.1, 0.15) is 35.1 Å². The Labute approximate surface area is 136 Å². The molecule has 118 valence electrons. The third-order valence-electron chi connectivity index (χ3n) is 5.63. The second-order valence-electron chi connectivity index (χ2n) is 7.16. The van der Waals surface area contributed by atoms with Crippen LogP contribution in [0.5, 0.6) is 0 Å². The van der Waals surface area contributed by atoms with Gasteiger partial charge in [-0.15, -0.1) is 0 Å². The normalized spacial score (nSPS) is 37.5. The first-order chi connectivity index (χ1) is 11.1. The summed E-state index contributed by atoms with van der Waals surface area (Å²) in [6, 6.07) is 17.0. The lowest BCUT2D eigenvalue weighted by Gasteiger charge is -2.48. The fraction of sp³-hybridized carbons (Fsp3) is 0.400. The molecule has 2 aromatic rings. The molecule has 3 saturated heterocycles. The fourth-order valence-electron chi connectivity index (χ4n) is 4.33. The van der Waals surface area contributed by atoms with Gasteiger partial charge in [-0.3, -0.25) is 0 Å². The summed E-state index contributed by atoms with van der Waals surface area (Å²) in [4.78, 5) is 12.1. The van der Waals surface area contributed by atoms with Crippen LogP contribution >= 0.6 is 0 Å². The number of aryl methyl sites for hydroxylation is 2. The van der Waals surface area contributed by atoms with Gasteiger partial charge in [0.15, 0.2) is 11.2 Å². The lowest BCUT2D eigenvalue weighted by Crippen LogP contribution is -2.56. The predicted octanol–water partition coefficient (Wildman–Crippen LogP) is 3.92. The highest BCUT2D eigenvalue weighted by Crippen LogP contribution is 2.64. The van der Waals surface area contributed by atoms with E-state index in [0.717, 1.165) is 12.8 Å². The highest BCUT2D eigenvalue weighted by molar-refractivity contribution is 5.39. The molecular formula is C20H20O3. The van der Waals surface area contributed by atoms with Crippen LogP contribution in [-0.4, -0.2) is 12.2 Å². The fourth-order valence-corrected chi connectivity index (χ4v) is 4.33. The van der Waals surface area contributed by atoms with E-state index in [9.17, 15) is 0 Å². The van der Waals surface area contributed by atoms with Gasteiger partial charge in [-0.2, -0.15) is 0 Å². The molecule has 0 amide bonds. The molecule has 6 rings (SSSR count). The Balaban J connectivity index is 1.55. The number of epoxide rings is 1. The van der Waals surface area contributed by atoms with Crippen molar-refractivity contribution in [2.45, 2.75) is 50.1 Å². The number of benzene rings is 2. The summed E-state index contributed by atoms with van der Waals surface area (Å²) in [6.45, 7) is 4.21. The third kappa shape index (κ3) is 1.76. The van der Waals surface area contributed by atoms with Crippen LogP contribution in [0.25, 0.3) is 0 Å². The van der Waals surface area contributed by atoms with Crippen molar-refractivity contribution in [2.24, 2.45) is 0 Å². The molecular weight excluding hydrogens is 288 g/mol. The number of ether oxygens (including phenoxy) is 1. The maximum Gasteiger partial charge on any atom is 0.157 e. The van der Waals surface area contributed by atoms with Crippen molar-refractivity contribution in [2.75, 3.05) is 0 Å². The minimum Gasteiger partial charge on any atom is -0.362 e. The van der Waals surface area contributed by atoms with Gasteiger partial charge >= 0.3 is 0 Å². The molecule has 4 atom stereocenters. The molecule has 4 aliphatic rings. The van der Waals surface area contributed by atoms with Crippen molar-refractivity contribution in [1.29, 1.82) is 0 Å². The average Bonchev–Trinajstić information content (AvgIpc) is 3.39. The Morgan fingerprint density at radius 2 is 1.26 bits per heavy atom. The molecule has 2 aromatic carbocycles. The first-order valence-electron chi connectivity index (χ1n) is 8.31. The van der Waals surface area contributed by atoms with Crippen LogP contribution in [0.3, 0.4) is 0 Å². The molecule has 0 unspecified atom stereocenters. The monoisotopic (exact) mass is 308 g/mol. The van der Waals surface area contributed by atoms with E-state index < -0.39 is 11.2 Å². The lowest BCUT2D eigenvalue weighted by atomic mass is 9.69. The molecule has 0 aromatic heterocycles. The van der Waals surface area contributed by atoms with Gasteiger partial charge in [-0.25, -0.2) is 9.78 Å². The first-order valence-corrected chi connectivity index (χ1v) is 8.31. The van der Waals surface area contributed by atoms with E-state index in [-0.39, 0.29) is 12.2 Å². The zero-order valence-electron chi connectivity index (χ0n) is 13.4. The second-order valence-corrected chi connectivity index (χ2v) is 7.16. The summed E-state index contributed by atoms with van der Waals surface area (Å²) in [5.74, 6) is 0. The van der Waals surface area contributed by atoms with Crippen molar-refractivity contribution >= 4 is 0 Å². The second kappa shape index (κ2) is 4.44. The Hall–Kier alpha value is -1.68. The van der Waals surface area contributed by atoms with E-state index >= 15 is 0 Å². The molecule has 1 aliphatic carbocycles. The van der Waals surface area contributed by atoms with Gasteiger partial charge < -0.3 is 4.74 Å². The highest BCUT2D eigenvalue weighted by atomic mass is 17.2. The summed E-state index contributed by atoms with van der Waals surface area (Å²) in [6.07, 6.45) is 2.02. The summed E-state index contributed by atoms with van der Waals surface area (Å²) in [5, 5.41) is 0. The molecule has 3 aliphatic heterocycles. The van der Waals surface area contributed by atoms with Crippen LogP contribution in [-0.2, 0) is 25.7 Å². The maximum atomic E-state index is 6.11. The average molecular weight is 308 g/mol. The Morgan fingerprint density at radius 1 is 0.783 bits per heavy atom. The molecule has 3 nitrogen and oxygen atoms in total. The van der Waals surface area contributed by atoms with Crippen molar-refractivity contribution in [1.82, 2.24) is 0 Å². The molecule has 3 heterocycles. The number of rotatable bonds is 2. The first kappa shape index (κ1) is 13.7. The number of hydrogen-bond acceptors (Lipinski definition) is 3. The van der Waals surface area contributed by atoms with Crippen LogP contribution in [0.2, 0.25) is 0 Å². The third-order valence-corrected chi connectivity index (χ3v) is 5.63. The van der Waals surface area contributed by atoms with E-state index in [0.29, 0.717) is 0 Å². The van der Waals surface area contributed by atoms with Gasteiger partial charge in [-0.05, 0) is 37.8 Å². The van der Waals surface area contributed by atoms with Crippen LogP contribution in [0.4, 0.5) is 0 Å². The van der Waals surface area contributed by atoms with E-state index in [1.54, 1.807) is 0 Å². The SMILES string of the molecule is Cc1cccc([C@]23CC[C@](c4cccc(C)c4)(OO2)[C@H]2O[C@H]23)c1. The van der Waals surface area contributed by atoms with Crippen molar-refractivity contribution < 1.29 is 14.5 Å². The van der Waals surface area contributed by atoms with Gasteiger partial charge in [-0.1, -0.05) is 59.7 Å². The molecule has 1 saturated carbocycles.